The number of anilines is 2. The largest absolute Gasteiger partial charge is 0.478 e. The molecular weight excluding hydrogens is 316 g/mol. The normalized spacial score (nSPS) is 10.4. The smallest absolute Gasteiger partial charge is 0.340 e. The molecule has 94 valence electrons. The number of hydrogen-bond donors (Lipinski definition) is 2. The van der Waals surface area contributed by atoms with Crippen LogP contribution in [0.2, 0.25) is 0 Å². The van der Waals surface area contributed by atoms with Crippen molar-refractivity contribution >= 4 is 44.1 Å². The van der Waals surface area contributed by atoms with E-state index < -0.39 is 5.97 Å². The molecule has 0 saturated heterocycles. The van der Waals surface area contributed by atoms with E-state index in [-0.39, 0.29) is 5.56 Å². The highest BCUT2D eigenvalue weighted by Gasteiger charge is 2.17. The van der Waals surface area contributed by atoms with E-state index >= 15 is 0 Å². The Labute approximate surface area is 117 Å². The Balaban J connectivity index is 2.34. The van der Waals surface area contributed by atoms with Gasteiger partial charge in [-0.3, -0.25) is 0 Å². The Kier molecular flexibility index (Phi) is 3.68. The third-order valence-corrected chi connectivity index (χ3v) is 4.21. The van der Waals surface area contributed by atoms with E-state index in [1.54, 1.807) is 6.92 Å². The summed E-state index contributed by atoms with van der Waals surface area (Å²) in [5.41, 5.74) is 2.72. The SMILES string of the molecule is Cc1ccc(Nc2snc(C)c2C(=O)O)cc1Br. The van der Waals surface area contributed by atoms with Crippen LogP contribution in [0.15, 0.2) is 22.7 Å². The molecule has 1 aromatic carbocycles. The van der Waals surface area contributed by atoms with E-state index in [0.29, 0.717) is 10.7 Å². The maximum atomic E-state index is 11.1. The zero-order valence-corrected chi connectivity index (χ0v) is 12.2. The molecule has 2 rings (SSSR count). The molecule has 0 aliphatic heterocycles. The first-order valence-electron chi connectivity index (χ1n) is 5.22. The summed E-state index contributed by atoms with van der Waals surface area (Å²) in [5.74, 6) is -0.963. The Bertz CT molecular complexity index is 610. The number of hydrogen-bond acceptors (Lipinski definition) is 4. The van der Waals surface area contributed by atoms with E-state index in [4.69, 9.17) is 5.11 Å². The lowest BCUT2D eigenvalue weighted by Gasteiger charge is -2.06. The molecule has 0 fully saturated rings. The van der Waals surface area contributed by atoms with E-state index in [0.717, 1.165) is 27.3 Å². The van der Waals surface area contributed by atoms with Crippen LogP contribution in [0, 0.1) is 13.8 Å². The summed E-state index contributed by atoms with van der Waals surface area (Å²) in [7, 11) is 0. The number of rotatable bonds is 3. The molecule has 6 heteroatoms. The van der Waals surface area contributed by atoms with Crippen LogP contribution in [-0.2, 0) is 0 Å². The van der Waals surface area contributed by atoms with Gasteiger partial charge in [-0.15, -0.1) is 0 Å². The topological polar surface area (TPSA) is 62.2 Å². The Morgan fingerprint density at radius 2 is 2.17 bits per heavy atom. The molecule has 18 heavy (non-hydrogen) atoms. The van der Waals surface area contributed by atoms with Crippen LogP contribution >= 0.6 is 27.5 Å². The molecule has 2 aromatic rings. The van der Waals surface area contributed by atoms with Crippen molar-refractivity contribution in [2.45, 2.75) is 13.8 Å². The van der Waals surface area contributed by atoms with Crippen LogP contribution < -0.4 is 5.32 Å². The summed E-state index contributed by atoms with van der Waals surface area (Å²) in [6.45, 7) is 3.68. The number of aromatic nitrogens is 1. The molecule has 0 amide bonds. The number of carboxylic acid groups (broad SMARTS) is 1. The lowest BCUT2D eigenvalue weighted by Crippen LogP contribution is -2.01. The fraction of sp³-hybridized carbons (Fsp3) is 0.167. The van der Waals surface area contributed by atoms with Crippen LogP contribution in [-0.4, -0.2) is 15.4 Å². The van der Waals surface area contributed by atoms with Crippen molar-refractivity contribution in [3.8, 4) is 0 Å². The fourth-order valence-electron chi connectivity index (χ4n) is 1.51. The molecule has 1 heterocycles. The summed E-state index contributed by atoms with van der Waals surface area (Å²) in [4.78, 5) is 11.1. The van der Waals surface area contributed by atoms with Crippen molar-refractivity contribution in [1.82, 2.24) is 4.37 Å². The van der Waals surface area contributed by atoms with Gasteiger partial charge in [-0.05, 0) is 43.1 Å². The van der Waals surface area contributed by atoms with Gasteiger partial charge in [0.05, 0.1) is 5.69 Å². The highest BCUT2D eigenvalue weighted by molar-refractivity contribution is 9.10. The number of carboxylic acids is 1. The summed E-state index contributed by atoms with van der Waals surface area (Å²) in [6.07, 6.45) is 0. The average Bonchev–Trinajstić information content (AvgIpc) is 2.65. The molecule has 0 radical (unpaired) electrons. The van der Waals surface area contributed by atoms with Gasteiger partial charge in [0.15, 0.2) is 0 Å². The van der Waals surface area contributed by atoms with Gasteiger partial charge in [-0.25, -0.2) is 4.79 Å². The van der Waals surface area contributed by atoms with Crippen LogP contribution in [0.1, 0.15) is 21.6 Å². The number of nitrogens with zero attached hydrogens (tertiary/aromatic N) is 1. The molecular formula is C12H11BrN2O2S. The molecule has 0 unspecified atom stereocenters. The number of aromatic carboxylic acids is 1. The number of aryl methyl sites for hydroxylation is 2. The summed E-state index contributed by atoms with van der Waals surface area (Å²) in [5, 5.41) is 12.8. The summed E-state index contributed by atoms with van der Waals surface area (Å²) < 4.78 is 5.04. The standard InChI is InChI=1S/C12H11BrN2O2S/c1-6-3-4-8(5-9(6)13)14-11-10(12(16)17)7(2)15-18-11/h3-5,14H,1-2H3,(H,16,17). The number of benzene rings is 1. The van der Waals surface area contributed by atoms with Crippen LogP contribution in [0.5, 0.6) is 0 Å². The van der Waals surface area contributed by atoms with Gasteiger partial charge in [-0.1, -0.05) is 22.0 Å². The zero-order chi connectivity index (χ0) is 13.3. The molecule has 0 aliphatic rings. The highest BCUT2D eigenvalue weighted by atomic mass is 79.9. The maximum Gasteiger partial charge on any atom is 0.340 e. The Morgan fingerprint density at radius 1 is 1.44 bits per heavy atom. The molecule has 0 spiro atoms. The van der Waals surface area contributed by atoms with Crippen molar-refractivity contribution in [1.29, 1.82) is 0 Å². The molecule has 0 aliphatic carbocycles. The van der Waals surface area contributed by atoms with Gasteiger partial charge in [0.2, 0.25) is 0 Å². The molecule has 0 saturated carbocycles. The fourth-order valence-corrected chi connectivity index (χ4v) is 2.70. The second-order valence-electron chi connectivity index (χ2n) is 3.87. The number of halogens is 1. The van der Waals surface area contributed by atoms with Gasteiger partial charge in [0, 0.05) is 10.2 Å². The van der Waals surface area contributed by atoms with Crippen LogP contribution in [0.25, 0.3) is 0 Å². The molecule has 0 bridgehead atoms. The first-order chi connectivity index (χ1) is 8.49. The third-order valence-electron chi connectivity index (χ3n) is 2.51. The van der Waals surface area contributed by atoms with Crippen LogP contribution in [0.3, 0.4) is 0 Å². The molecule has 0 atom stereocenters. The third kappa shape index (κ3) is 2.54. The summed E-state index contributed by atoms with van der Waals surface area (Å²) in [6, 6.07) is 5.78. The minimum atomic E-state index is -0.963. The van der Waals surface area contributed by atoms with Crippen molar-refractivity contribution in [2.24, 2.45) is 0 Å². The molecule has 2 N–H and O–H groups in total. The predicted molar refractivity (Wildman–Crippen MR) is 76.0 cm³/mol. The van der Waals surface area contributed by atoms with Gasteiger partial charge in [0.1, 0.15) is 10.6 Å². The first kappa shape index (κ1) is 13.0. The van der Waals surface area contributed by atoms with Crippen LogP contribution in [0.4, 0.5) is 10.7 Å². The Hall–Kier alpha value is -1.40. The van der Waals surface area contributed by atoms with E-state index in [1.165, 1.54) is 0 Å². The Morgan fingerprint density at radius 3 is 2.78 bits per heavy atom. The second kappa shape index (κ2) is 5.07. The average molecular weight is 327 g/mol. The predicted octanol–water partition coefficient (Wildman–Crippen LogP) is 3.96. The highest BCUT2D eigenvalue weighted by Crippen LogP contribution is 2.29. The van der Waals surface area contributed by atoms with Gasteiger partial charge < -0.3 is 10.4 Å². The lowest BCUT2D eigenvalue weighted by molar-refractivity contribution is 0.0697. The monoisotopic (exact) mass is 326 g/mol. The minimum absolute atomic E-state index is 0.233. The van der Waals surface area contributed by atoms with Crippen molar-refractivity contribution in [3.63, 3.8) is 0 Å². The quantitative estimate of drug-likeness (QED) is 0.896. The second-order valence-corrected chi connectivity index (χ2v) is 5.49. The lowest BCUT2D eigenvalue weighted by atomic mass is 10.2. The van der Waals surface area contributed by atoms with Crippen molar-refractivity contribution in [3.05, 3.63) is 39.5 Å². The van der Waals surface area contributed by atoms with Gasteiger partial charge >= 0.3 is 5.97 Å². The van der Waals surface area contributed by atoms with Crippen molar-refractivity contribution in [2.75, 3.05) is 5.32 Å². The van der Waals surface area contributed by atoms with E-state index in [2.05, 4.69) is 25.6 Å². The minimum Gasteiger partial charge on any atom is -0.478 e. The first-order valence-corrected chi connectivity index (χ1v) is 6.78. The van der Waals surface area contributed by atoms with Crippen molar-refractivity contribution < 1.29 is 9.90 Å². The number of nitrogens with one attached hydrogen (secondary N) is 1. The number of carbonyl (C=O) groups is 1. The maximum absolute atomic E-state index is 11.1. The van der Waals surface area contributed by atoms with Gasteiger partial charge in [0.25, 0.3) is 0 Å². The molecule has 4 nitrogen and oxygen atoms in total. The van der Waals surface area contributed by atoms with E-state index in [9.17, 15) is 4.79 Å². The van der Waals surface area contributed by atoms with E-state index in [1.807, 2.05) is 25.1 Å². The molecule has 1 aromatic heterocycles. The van der Waals surface area contributed by atoms with Gasteiger partial charge in [-0.2, -0.15) is 4.37 Å². The summed E-state index contributed by atoms with van der Waals surface area (Å²) >= 11 is 4.60. The zero-order valence-electron chi connectivity index (χ0n) is 9.82.